The summed E-state index contributed by atoms with van der Waals surface area (Å²) in [4.78, 5) is 16.0. The van der Waals surface area contributed by atoms with E-state index in [2.05, 4.69) is 26.0 Å². The molecule has 0 saturated heterocycles. The van der Waals surface area contributed by atoms with Gasteiger partial charge in [-0.05, 0) is 66.4 Å². The standard InChI is InChI=1S/C23H23BrClFN4O5S/c1-3-34-22(31)13-30-20-6-4-5-19(16(20)12-28-30)29(2)36(32,33)15-10-17(24)23(27-11-15)35-21-8-7-14(25)9-18(21)26/h7-12,19H,3-6,13H2,1-2H3/t19-/m1/s1. The van der Waals surface area contributed by atoms with Gasteiger partial charge in [0.15, 0.2) is 11.6 Å². The summed E-state index contributed by atoms with van der Waals surface area (Å²) in [6.07, 6.45) is 4.77. The fourth-order valence-electron chi connectivity index (χ4n) is 4.06. The molecule has 9 nitrogen and oxygen atoms in total. The number of rotatable bonds is 8. The average molecular weight is 602 g/mol. The van der Waals surface area contributed by atoms with Crippen LogP contribution in [0.15, 0.2) is 46.0 Å². The maximum absolute atomic E-state index is 14.1. The molecule has 0 spiro atoms. The molecule has 1 aliphatic carbocycles. The Bertz CT molecular complexity index is 1400. The first kappa shape index (κ1) is 26.5. The van der Waals surface area contributed by atoms with Crippen molar-refractivity contribution in [3.8, 4) is 11.6 Å². The third-order valence-corrected chi connectivity index (χ3v) is 8.45. The Kier molecular flexibility index (Phi) is 7.98. The first-order valence-corrected chi connectivity index (χ1v) is 13.7. The Morgan fingerprint density at radius 2 is 2.11 bits per heavy atom. The van der Waals surface area contributed by atoms with Gasteiger partial charge in [0.1, 0.15) is 11.4 Å². The summed E-state index contributed by atoms with van der Waals surface area (Å²) in [5, 5.41) is 4.52. The topological polar surface area (TPSA) is 104 Å². The molecule has 2 aromatic heterocycles. The summed E-state index contributed by atoms with van der Waals surface area (Å²) >= 11 is 9.04. The van der Waals surface area contributed by atoms with E-state index >= 15 is 0 Å². The number of pyridine rings is 1. The van der Waals surface area contributed by atoms with Crippen LogP contribution in [0.1, 0.15) is 37.1 Å². The highest BCUT2D eigenvalue weighted by Gasteiger charge is 2.35. The lowest BCUT2D eigenvalue weighted by Crippen LogP contribution is -2.33. The van der Waals surface area contributed by atoms with E-state index in [4.69, 9.17) is 21.1 Å². The summed E-state index contributed by atoms with van der Waals surface area (Å²) in [5.41, 5.74) is 1.57. The molecule has 0 aliphatic heterocycles. The second-order valence-corrected chi connectivity index (χ2v) is 11.4. The van der Waals surface area contributed by atoms with E-state index in [-0.39, 0.29) is 39.2 Å². The van der Waals surface area contributed by atoms with Crippen LogP contribution in [0.3, 0.4) is 0 Å². The minimum absolute atomic E-state index is 0.00183. The summed E-state index contributed by atoms with van der Waals surface area (Å²) in [7, 11) is -2.47. The molecule has 4 rings (SSSR count). The molecule has 192 valence electrons. The molecule has 2 heterocycles. The molecule has 0 unspecified atom stereocenters. The zero-order valence-corrected chi connectivity index (χ0v) is 22.6. The lowest BCUT2D eigenvalue weighted by atomic mass is 9.93. The smallest absolute Gasteiger partial charge is 0.327 e. The number of hydrogen-bond donors (Lipinski definition) is 0. The fourth-order valence-corrected chi connectivity index (χ4v) is 6.14. The number of fused-ring (bicyclic) bond motifs is 1. The molecule has 1 aliphatic rings. The highest BCUT2D eigenvalue weighted by Crippen LogP contribution is 2.38. The molecule has 0 bridgehead atoms. The SMILES string of the molecule is CCOC(=O)Cn1ncc2c1CCC[C@H]2N(C)S(=O)(=O)c1cnc(Oc2ccc(Cl)cc2F)c(Br)c1. The van der Waals surface area contributed by atoms with Gasteiger partial charge in [-0.3, -0.25) is 9.48 Å². The quantitative estimate of drug-likeness (QED) is 0.339. The Labute approximate surface area is 221 Å². The summed E-state index contributed by atoms with van der Waals surface area (Å²) < 4.78 is 54.6. The van der Waals surface area contributed by atoms with Gasteiger partial charge in [0.05, 0.1) is 29.5 Å². The van der Waals surface area contributed by atoms with Crippen LogP contribution in [0, 0.1) is 5.82 Å². The van der Waals surface area contributed by atoms with Crippen LogP contribution in [-0.4, -0.2) is 47.1 Å². The van der Waals surface area contributed by atoms with Crippen molar-refractivity contribution in [1.29, 1.82) is 0 Å². The van der Waals surface area contributed by atoms with Crippen molar-refractivity contribution in [2.24, 2.45) is 0 Å². The van der Waals surface area contributed by atoms with E-state index in [0.29, 0.717) is 12.8 Å². The maximum atomic E-state index is 14.1. The zero-order valence-electron chi connectivity index (χ0n) is 19.4. The van der Waals surface area contributed by atoms with Gasteiger partial charge in [-0.2, -0.15) is 9.40 Å². The molecule has 0 fully saturated rings. The van der Waals surface area contributed by atoms with E-state index in [1.54, 1.807) is 17.8 Å². The van der Waals surface area contributed by atoms with Crippen molar-refractivity contribution in [2.45, 2.75) is 43.7 Å². The minimum atomic E-state index is -3.96. The Morgan fingerprint density at radius 3 is 2.81 bits per heavy atom. The average Bonchev–Trinajstić information content (AvgIpc) is 3.24. The molecular formula is C23H23BrClFN4O5S. The predicted molar refractivity (Wildman–Crippen MR) is 133 cm³/mol. The summed E-state index contributed by atoms with van der Waals surface area (Å²) in [6, 6.07) is 4.82. The number of aromatic nitrogens is 3. The molecule has 0 saturated carbocycles. The van der Waals surface area contributed by atoms with Gasteiger partial charge < -0.3 is 9.47 Å². The first-order valence-electron chi connectivity index (χ1n) is 11.1. The van der Waals surface area contributed by atoms with Crippen LogP contribution in [0.4, 0.5) is 4.39 Å². The van der Waals surface area contributed by atoms with E-state index in [9.17, 15) is 17.6 Å². The Balaban J connectivity index is 1.57. The zero-order chi connectivity index (χ0) is 26.0. The van der Waals surface area contributed by atoms with E-state index in [1.165, 1.54) is 29.6 Å². The van der Waals surface area contributed by atoms with Crippen molar-refractivity contribution >= 4 is 43.5 Å². The van der Waals surface area contributed by atoms with Gasteiger partial charge in [-0.25, -0.2) is 17.8 Å². The third kappa shape index (κ3) is 5.41. The number of ether oxygens (including phenoxy) is 2. The second-order valence-electron chi connectivity index (χ2n) is 8.07. The van der Waals surface area contributed by atoms with Gasteiger partial charge in [0.2, 0.25) is 15.9 Å². The van der Waals surface area contributed by atoms with E-state index in [1.807, 2.05) is 0 Å². The number of carbonyl (C=O) groups is 1. The lowest BCUT2D eigenvalue weighted by Gasteiger charge is -2.30. The first-order chi connectivity index (χ1) is 17.1. The highest BCUT2D eigenvalue weighted by atomic mass is 79.9. The predicted octanol–water partition coefficient (Wildman–Crippen LogP) is 4.89. The van der Waals surface area contributed by atoms with Gasteiger partial charge in [0, 0.05) is 23.3 Å². The molecule has 0 N–H and O–H groups in total. The van der Waals surface area contributed by atoms with Crippen molar-refractivity contribution in [2.75, 3.05) is 13.7 Å². The van der Waals surface area contributed by atoms with E-state index < -0.39 is 27.9 Å². The van der Waals surface area contributed by atoms with Crippen LogP contribution in [0.25, 0.3) is 0 Å². The summed E-state index contributed by atoms with van der Waals surface area (Å²) in [6.45, 7) is 1.97. The number of carbonyl (C=O) groups excluding carboxylic acids is 1. The van der Waals surface area contributed by atoms with E-state index in [0.717, 1.165) is 29.9 Å². The number of halogens is 3. The molecule has 0 radical (unpaired) electrons. The molecule has 1 atom stereocenters. The van der Waals surface area contributed by atoms with Crippen molar-refractivity contribution in [3.63, 3.8) is 0 Å². The number of esters is 1. The Morgan fingerprint density at radius 1 is 1.33 bits per heavy atom. The second kappa shape index (κ2) is 10.8. The largest absolute Gasteiger partial charge is 0.465 e. The fraction of sp³-hybridized carbons (Fsp3) is 0.348. The van der Waals surface area contributed by atoms with Gasteiger partial charge in [-0.15, -0.1) is 0 Å². The number of nitrogens with zero attached hydrogens (tertiary/aromatic N) is 4. The number of hydrogen-bond acceptors (Lipinski definition) is 7. The van der Waals surface area contributed by atoms with Gasteiger partial charge >= 0.3 is 5.97 Å². The normalized spacial score (nSPS) is 15.6. The van der Waals surface area contributed by atoms with Crippen molar-refractivity contribution in [3.05, 3.63) is 63.2 Å². The van der Waals surface area contributed by atoms with Gasteiger partial charge in [0.25, 0.3) is 0 Å². The third-order valence-electron chi connectivity index (χ3n) is 5.81. The summed E-state index contributed by atoms with van der Waals surface area (Å²) in [5.74, 6) is -1.18. The molecule has 1 aromatic carbocycles. The molecule has 0 amide bonds. The van der Waals surface area contributed by atoms with Crippen LogP contribution < -0.4 is 4.74 Å². The molecule has 36 heavy (non-hydrogen) atoms. The van der Waals surface area contributed by atoms with Crippen molar-refractivity contribution < 1.29 is 27.1 Å². The van der Waals surface area contributed by atoms with Crippen LogP contribution in [0.5, 0.6) is 11.6 Å². The maximum Gasteiger partial charge on any atom is 0.327 e. The molecular weight excluding hydrogens is 579 g/mol. The van der Waals surface area contributed by atoms with Crippen molar-refractivity contribution in [1.82, 2.24) is 19.1 Å². The number of sulfonamides is 1. The lowest BCUT2D eigenvalue weighted by molar-refractivity contribution is -0.144. The minimum Gasteiger partial charge on any atom is -0.465 e. The van der Waals surface area contributed by atoms with Crippen LogP contribution >= 0.6 is 27.5 Å². The Hall–Kier alpha value is -2.54. The molecule has 3 aromatic rings. The molecule has 13 heteroatoms. The highest BCUT2D eigenvalue weighted by molar-refractivity contribution is 9.10. The van der Waals surface area contributed by atoms with Crippen LogP contribution in [-0.2, 0) is 32.5 Å². The monoisotopic (exact) mass is 600 g/mol. The van der Waals surface area contributed by atoms with Gasteiger partial charge in [-0.1, -0.05) is 11.6 Å². The van der Waals surface area contributed by atoms with Crippen LogP contribution in [0.2, 0.25) is 5.02 Å². The number of benzene rings is 1.